The summed E-state index contributed by atoms with van der Waals surface area (Å²) < 4.78 is 0. The van der Waals surface area contributed by atoms with E-state index in [1.54, 1.807) is 0 Å². The highest BCUT2D eigenvalue weighted by Gasteiger charge is 2.43. The summed E-state index contributed by atoms with van der Waals surface area (Å²) >= 11 is 0. The molecule has 1 saturated carbocycles. The van der Waals surface area contributed by atoms with Gasteiger partial charge in [-0.15, -0.1) is 0 Å². The quantitative estimate of drug-likeness (QED) is 0.641. The van der Waals surface area contributed by atoms with E-state index in [1.165, 1.54) is 12.8 Å². The molecule has 3 N–H and O–H groups in total. The molecule has 2 aliphatic rings. The van der Waals surface area contributed by atoms with Gasteiger partial charge in [0.25, 0.3) is 0 Å². The van der Waals surface area contributed by atoms with Crippen molar-refractivity contribution in [3.8, 4) is 0 Å². The van der Waals surface area contributed by atoms with Crippen molar-refractivity contribution in [3.63, 3.8) is 0 Å². The smallest absolute Gasteiger partial charge is 0.234 e. The average molecular weight is 197 g/mol. The van der Waals surface area contributed by atoms with E-state index in [1.807, 2.05) is 0 Å². The van der Waals surface area contributed by atoms with Gasteiger partial charge >= 0.3 is 0 Å². The van der Waals surface area contributed by atoms with Gasteiger partial charge in [-0.25, -0.2) is 0 Å². The highest BCUT2D eigenvalue weighted by molar-refractivity contribution is 5.78. The second kappa shape index (κ2) is 3.87. The van der Waals surface area contributed by atoms with Crippen LogP contribution in [0.25, 0.3) is 0 Å². The van der Waals surface area contributed by atoms with E-state index in [2.05, 4.69) is 10.2 Å². The summed E-state index contributed by atoms with van der Waals surface area (Å²) in [6.07, 6.45) is 3.70. The molecule has 80 valence electrons. The summed E-state index contributed by atoms with van der Waals surface area (Å²) in [4.78, 5) is 13.4. The number of hydrogen-bond donors (Lipinski definition) is 2. The Morgan fingerprint density at radius 3 is 2.86 bits per heavy atom. The van der Waals surface area contributed by atoms with Crippen molar-refractivity contribution in [2.45, 2.75) is 19.3 Å². The van der Waals surface area contributed by atoms with E-state index < -0.39 is 0 Å². The molecule has 0 aromatic rings. The summed E-state index contributed by atoms with van der Waals surface area (Å²) in [6.45, 7) is 4.22. The Hall–Kier alpha value is -0.610. The number of hydrogen-bond acceptors (Lipinski definition) is 3. The minimum Gasteiger partial charge on any atom is -0.354 e. The molecule has 2 rings (SSSR count). The fraction of sp³-hybridized carbons (Fsp3) is 0.900. The summed E-state index contributed by atoms with van der Waals surface area (Å²) in [5, 5.41) is 2.84. The SMILES string of the molecule is NCCC1(CN2CCNC(=O)C2)CC1. The van der Waals surface area contributed by atoms with Crippen LogP contribution in [0.3, 0.4) is 0 Å². The van der Waals surface area contributed by atoms with Crippen LogP contribution in [0.5, 0.6) is 0 Å². The lowest BCUT2D eigenvalue weighted by Gasteiger charge is -2.30. The minimum atomic E-state index is 0.166. The first-order valence-corrected chi connectivity index (χ1v) is 5.43. The Morgan fingerprint density at radius 2 is 2.29 bits per heavy atom. The van der Waals surface area contributed by atoms with E-state index in [-0.39, 0.29) is 5.91 Å². The largest absolute Gasteiger partial charge is 0.354 e. The molecular weight excluding hydrogens is 178 g/mol. The van der Waals surface area contributed by atoms with Crippen molar-refractivity contribution in [2.75, 3.05) is 32.7 Å². The Bertz CT molecular complexity index is 225. The topological polar surface area (TPSA) is 58.4 Å². The number of nitrogens with two attached hydrogens (primary N) is 1. The van der Waals surface area contributed by atoms with Gasteiger partial charge < -0.3 is 11.1 Å². The lowest BCUT2D eigenvalue weighted by atomic mass is 10.0. The van der Waals surface area contributed by atoms with Gasteiger partial charge in [-0.2, -0.15) is 0 Å². The third kappa shape index (κ3) is 2.25. The first-order valence-electron chi connectivity index (χ1n) is 5.43. The molecule has 2 fully saturated rings. The predicted octanol–water partition coefficient (Wildman–Crippen LogP) is -0.453. The Balaban J connectivity index is 1.81. The third-order valence-electron chi connectivity index (χ3n) is 3.31. The van der Waals surface area contributed by atoms with E-state index in [0.717, 1.165) is 32.6 Å². The average Bonchev–Trinajstić information content (AvgIpc) is 2.85. The Kier molecular flexibility index (Phi) is 2.74. The number of nitrogens with one attached hydrogen (secondary N) is 1. The lowest BCUT2D eigenvalue weighted by molar-refractivity contribution is -0.124. The lowest BCUT2D eigenvalue weighted by Crippen LogP contribution is -2.49. The maximum absolute atomic E-state index is 11.2. The summed E-state index contributed by atoms with van der Waals surface area (Å²) in [5.74, 6) is 0.166. The summed E-state index contributed by atoms with van der Waals surface area (Å²) in [7, 11) is 0. The highest BCUT2D eigenvalue weighted by atomic mass is 16.2. The van der Waals surface area contributed by atoms with Crippen LogP contribution >= 0.6 is 0 Å². The fourth-order valence-corrected chi connectivity index (χ4v) is 2.27. The maximum atomic E-state index is 11.2. The minimum absolute atomic E-state index is 0.166. The molecule has 0 aromatic heterocycles. The molecule has 0 spiro atoms. The van der Waals surface area contributed by atoms with Crippen LogP contribution in [-0.2, 0) is 4.79 Å². The van der Waals surface area contributed by atoms with E-state index in [9.17, 15) is 4.79 Å². The molecule has 0 atom stereocenters. The van der Waals surface area contributed by atoms with Crippen LogP contribution in [0.1, 0.15) is 19.3 Å². The third-order valence-corrected chi connectivity index (χ3v) is 3.31. The van der Waals surface area contributed by atoms with Crippen molar-refractivity contribution >= 4 is 5.91 Å². The summed E-state index contributed by atoms with van der Waals surface area (Å²) in [5.41, 5.74) is 6.05. The first kappa shape index (κ1) is 9.93. The first-order chi connectivity index (χ1) is 6.74. The van der Waals surface area contributed by atoms with Crippen LogP contribution in [0.2, 0.25) is 0 Å². The van der Waals surface area contributed by atoms with Crippen LogP contribution in [-0.4, -0.2) is 43.5 Å². The molecule has 1 heterocycles. The molecule has 0 unspecified atom stereocenters. The van der Waals surface area contributed by atoms with Gasteiger partial charge in [-0.1, -0.05) is 0 Å². The van der Waals surface area contributed by atoms with Gasteiger partial charge in [0, 0.05) is 19.6 Å². The van der Waals surface area contributed by atoms with Crippen LogP contribution in [0.4, 0.5) is 0 Å². The second-order valence-electron chi connectivity index (χ2n) is 4.60. The predicted molar refractivity (Wildman–Crippen MR) is 54.8 cm³/mol. The van der Waals surface area contributed by atoms with Gasteiger partial charge in [0.1, 0.15) is 0 Å². The molecule has 0 bridgehead atoms. The number of carbonyl (C=O) groups is 1. The van der Waals surface area contributed by atoms with E-state index in [4.69, 9.17) is 5.73 Å². The molecule has 1 amide bonds. The molecular formula is C10H19N3O. The monoisotopic (exact) mass is 197 g/mol. The van der Waals surface area contributed by atoms with Gasteiger partial charge in [0.15, 0.2) is 0 Å². The van der Waals surface area contributed by atoms with Gasteiger partial charge in [-0.05, 0) is 31.2 Å². The molecule has 4 nitrogen and oxygen atoms in total. The zero-order chi connectivity index (χ0) is 10.0. The molecule has 0 aromatic carbocycles. The second-order valence-corrected chi connectivity index (χ2v) is 4.60. The zero-order valence-corrected chi connectivity index (χ0v) is 8.59. The van der Waals surface area contributed by atoms with Crippen LogP contribution in [0.15, 0.2) is 0 Å². The zero-order valence-electron chi connectivity index (χ0n) is 8.59. The number of nitrogens with zero attached hydrogens (tertiary/aromatic N) is 1. The van der Waals surface area contributed by atoms with Crippen molar-refractivity contribution < 1.29 is 4.79 Å². The number of amides is 1. The molecule has 0 radical (unpaired) electrons. The molecule has 4 heteroatoms. The molecule has 1 aliphatic heterocycles. The molecule has 1 aliphatic carbocycles. The van der Waals surface area contributed by atoms with Crippen molar-refractivity contribution in [2.24, 2.45) is 11.1 Å². The molecule has 1 saturated heterocycles. The number of carbonyl (C=O) groups excluding carboxylic acids is 1. The normalized spacial score (nSPS) is 25.9. The Labute approximate surface area is 84.8 Å². The highest BCUT2D eigenvalue weighted by Crippen LogP contribution is 2.48. The maximum Gasteiger partial charge on any atom is 0.234 e. The standard InChI is InChI=1S/C10H19N3O/c11-4-3-10(1-2-10)8-13-6-5-12-9(14)7-13/h1-8,11H2,(H,12,14). The molecule has 14 heavy (non-hydrogen) atoms. The number of rotatable bonds is 4. The van der Waals surface area contributed by atoms with Gasteiger partial charge in [0.2, 0.25) is 5.91 Å². The van der Waals surface area contributed by atoms with Crippen LogP contribution < -0.4 is 11.1 Å². The van der Waals surface area contributed by atoms with Crippen molar-refractivity contribution in [3.05, 3.63) is 0 Å². The van der Waals surface area contributed by atoms with Gasteiger partial charge in [-0.3, -0.25) is 9.69 Å². The van der Waals surface area contributed by atoms with Gasteiger partial charge in [0.05, 0.1) is 6.54 Å². The van der Waals surface area contributed by atoms with Crippen LogP contribution in [0, 0.1) is 5.41 Å². The number of piperazine rings is 1. The van der Waals surface area contributed by atoms with Crippen molar-refractivity contribution in [1.29, 1.82) is 0 Å². The Morgan fingerprint density at radius 1 is 1.50 bits per heavy atom. The van der Waals surface area contributed by atoms with E-state index >= 15 is 0 Å². The van der Waals surface area contributed by atoms with Crippen molar-refractivity contribution in [1.82, 2.24) is 10.2 Å². The van der Waals surface area contributed by atoms with E-state index in [0.29, 0.717) is 12.0 Å². The summed E-state index contributed by atoms with van der Waals surface area (Å²) in [6, 6.07) is 0. The fourth-order valence-electron chi connectivity index (χ4n) is 2.27.